The van der Waals surface area contributed by atoms with Gasteiger partial charge in [-0.15, -0.1) is 0 Å². The molecular weight excluding hydrogens is 184 g/mol. The molecule has 0 aliphatic rings. The number of carbonyl (C=O) groups is 1. The zero-order chi connectivity index (χ0) is 10.6. The van der Waals surface area contributed by atoms with Gasteiger partial charge in [-0.25, -0.2) is 4.79 Å². The first-order valence-corrected chi connectivity index (χ1v) is 4.06. The van der Waals surface area contributed by atoms with Crippen LogP contribution in [-0.4, -0.2) is 12.1 Å². The predicted octanol–water partition coefficient (Wildman–Crippen LogP) is 0.453. The number of carbonyl (C=O) groups excluding carboxylic acids is 1. The summed E-state index contributed by atoms with van der Waals surface area (Å²) in [6.45, 7) is 1.55. The first-order chi connectivity index (χ1) is 6.63. The van der Waals surface area contributed by atoms with Crippen LogP contribution in [0.5, 0.6) is 5.75 Å². The van der Waals surface area contributed by atoms with Gasteiger partial charge in [0.2, 0.25) is 0 Å². The molecular formula is C9H12N2O3. The van der Waals surface area contributed by atoms with Gasteiger partial charge in [-0.1, -0.05) is 0 Å². The minimum atomic E-state index is -0.733. The fourth-order valence-electron chi connectivity index (χ4n) is 0.894. The molecule has 5 heteroatoms. The minimum Gasteiger partial charge on any atom is -0.479 e. The Bertz CT molecular complexity index is 310. The average Bonchev–Trinajstić information content (AvgIpc) is 2.20. The molecule has 0 fully saturated rings. The number of ether oxygens (including phenoxy) is 1. The van der Waals surface area contributed by atoms with E-state index < -0.39 is 12.1 Å². The summed E-state index contributed by atoms with van der Waals surface area (Å²) >= 11 is 0. The van der Waals surface area contributed by atoms with Gasteiger partial charge in [-0.05, 0) is 31.2 Å². The second-order valence-electron chi connectivity index (χ2n) is 2.77. The summed E-state index contributed by atoms with van der Waals surface area (Å²) in [5.41, 5.74) is 6.11. The third-order valence-electron chi connectivity index (χ3n) is 1.64. The fraction of sp³-hybridized carbons (Fsp3) is 0.222. The molecule has 5 nitrogen and oxygen atoms in total. The van der Waals surface area contributed by atoms with E-state index in [4.69, 9.17) is 16.4 Å². The minimum absolute atomic E-state index is 0.539. The van der Waals surface area contributed by atoms with E-state index in [1.54, 1.807) is 31.2 Å². The van der Waals surface area contributed by atoms with Crippen LogP contribution < -0.4 is 16.4 Å². The quantitative estimate of drug-likeness (QED) is 0.541. The second-order valence-corrected chi connectivity index (χ2v) is 2.77. The highest BCUT2D eigenvalue weighted by atomic mass is 16.7. The number of benzene rings is 1. The largest absolute Gasteiger partial charge is 0.479 e. The number of hydrogen-bond donors (Lipinski definition) is 2. The van der Waals surface area contributed by atoms with Crippen LogP contribution >= 0.6 is 0 Å². The number of hydrogen-bond acceptors (Lipinski definition) is 5. The Labute approximate surface area is 81.5 Å². The Balaban J connectivity index is 2.60. The molecule has 0 aliphatic heterocycles. The van der Waals surface area contributed by atoms with E-state index in [1.807, 2.05) is 0 Å². The molecule has 0 aromatic heterocycles. The standard InChI is InChI=1S/C9H12N2O3/c1-6(9(12)14-11)13-8-4-2-7(10)3-5-8/h2-6H,10-11H2,1H3. The van der Waals surface area contributed by atoms with Gasteiger partial charge in [0.1, 0.15) is 5.75 Å². The molecule has 1 atom stereocenters. The summed E-state index contributed by atoms with van der Waals surface area (Å²) in [4.78, 5) is 14.9. The molecule has 0 bridgehead atoms. The van der Waals surface area contributed by atoms with E-state index >= 15 is 0 Å². The van der Waals surface area contributed by atoms with Crippen LogP contribution in [-0.2, 0) is 9.63 Å². The van der Waals surface area contributed by atoms with Crippen molar-refractivity contribution in [1.29, 1.82) is 0 Å². The molecule has 1 unspecified atom stereocenters. The summed E-state index contributed by atoms with van der Waals surface area (Å²) in [6.07, 6.45) is -0.733. The summed E-state index contributed by atoms with van der Waals surface area (Å²) in [5.74, 6) is 4.62. The van der Waals surface area contributed by atoms with E-state index in [0.717, 1.165) is 0 Å². The van der Waals surface area contributed by atoms with Crippen molar-refractivity contribution in [2.24, 2.45) is 5.90 Å². The molecule has 76 valence electrons. The molecule has 0 spiro atoms. The third-order valence-corrected chi connectivity index (χ3v) is 1.64. The summed E-state index contributed by atoms with van der Waals surface area (Å²) in [7, 11) is 0. The zero-order valence-corrected chi connectivity index (χ0v) is 7.77. The predicted molar refractivity (Wildman–Crippen MR) is 51.2 cm³/mol. The Morgan fingerprint density at radius 1 is 1.36 bits per heavy atom. The lowest BCUT2D eigenvalue weighted by molar-refractivity contribution is -0.151. The summed E-state index contributed by atoms with van der Waals surface area (Å²) in [6, 6.07) is 6.68. The molecule has 0 radical (unpaired) electrons. The van der Waals surface area contributed by atoms with Crippen molar-refractivity contribution in [3.05, 3.63) is 24.3 Å². The maximum atomic E-state index is 10.9. The molecule has 0 saturated heterocycles. The van der Waals surface area contributed by atoms with Gasteiger partial charge in [0.25, 0.3) is 0 Å². The summed E-state index contributed by atoms with van der Waals surface area (Å²) < 4.78 is 5.21. The maximum absolute atomic E-state index is 10.9. The molecule has 0 saturated carbocycles. The van der Waals surface area contributed by atoms with Gasteiger partial charge < -0.3 is 15.3 Å². The van der Waals surface area contributed by atoms with Crippen molar-refractivity contribution in [3.8, 4) is 5.75 Å². The Kier molecular flexibility index (Phi) is 3.30. The van der Waals surface area contributed by atoms with Crippen LogP contribution in [0, 0.1) is 0 Å². The molecule has 1 rings (SSSR count). The Hall–Kier alpha value is -1.75. The van der Waals surface area contributed by atoms with Gasteiger partial charge in [-0.3, -0.25) is 0 Å². The van der Waals surface area contributed by atoms with Crippen molar-refractivity contribution < 1.29 is 14.4 Å². The number of rotatable bonds is 3. The highest BCUT2D eigenvalue weighted by molar-refractivity contribution is 5.74. The van der Waals surface area contributed by atoms with Crippen LogP contribution in [0.2, 0.25) is 0 Å². The van der Waals surface area contributed by atoms with Crippen LogP contribution in [0.3, 0.4) is 0 Å². The smallest absolute Gasteiger partial charge is 0.365 e. The molecule has 1 aromatic carbocycles. The molecule has 1 aromatic rings. The molecule has 14 heavy (non-hydrogen) atoms. The normalized spacial score (nSPS) is 11.9. The molecule has 4 N–H and O–H groups in total. The van der Waals surface area contributed by atoms with Gasteiger partial charge in [0, 0.05) is 5.69 Å². The summed E-state index contributed by atoms with van der Waals surface area (Å²) in [5, 5.41) is 0. The van der Waals surface area contributed by atoms with Gasteiger partial charge in [0.05, 0.1) is 0 Å². The number of nitrogens with two attached hydrogens (primary N) is 2. The fourth-order valence-corrected chi connectivity index (χ4v) is 0.894. The van der Waals surface area contributed by atoms with Crippen LogP contribution in [0.1, 0.15) is 6.92 Å². The van der Waals surface area contributed by atoms with E-state index in [-0.39, 0.29) is 0 Å². The van der Waals surface area contributed by atoms with Crippen molar-refractivity contribution in [2.45, 2.75) is 13.0 Å². The van der Waals surface area contributed by atoms with E-state index in [1.165, 1.54) is 0 Å². The van der Waals surface area contributed by atoms with Gasteiger partial charge in [-0.2, -0.15) is 5.90 Å². The lowest BCUT2D eigenvalue weighted by atomic mass is 10.3. The van der Waals surface area contributed by atoms with Gasteiger partial charge in [0.15, 0.2) is 6.10 Å². The van der Waals surface area contributed by atoms with Crippen molar-refractivity contribution in [2.75, 3.05) is 5.73 Å². The highest BCUT2D eigenvalue weighted by Gasteiger charge is 2.14. The first-order valence-electron chi connectivity index (χ1n) is 4.06. The van der Waals surface area contributed by atoms with Crippen molar-refractivity contribution in [3.63, 3.8) is 0 Å². The highest BCUT2D eigenvalue weighted by Crippen LogP contribution is 2.14. The number of nitrogen functional groups attached to an aromatic ring is 1. The number of anilines is 1. The SMILES string of the molecule is CC(Oc1ccc(N)cc1)C(=O)ON. The van der Waals surface area contributed by atoms with Crippen LogP contribution in [0.15, 0.2) is 24.3 Å². The van der Waals surface area contributed by atoms with E-state index in [0.29, 0.717) is 11.4 Å². The monoisotopic (exact) mass is 196 g/mol. The molecule has 0 heterocycles. The Morgan fingerprint density at radius 2 is 1.93 bits per heavy atom. The average molecular weight is 196 g/mol. The van der Waals surface area contributed by atoms with E-state index in [2.05, 4.69) is 4.84 Å². The lowest BCUT2D eigenvalue weighted by Crippen LogP contribution is -2.28. The van der Waals surface area contributed by atoms with Crippen LogP contribution in [0.4, 0.5) is 5.69 Å². The topological polar surface area (TPSA) is 87.6 Å². The zero-order valence-electron chi connectivity index (χ0n) is 7.77. The van der Waals surface area contributed by atoms with Crippen LogP contribution in [0.25, 0.3) is 0 Å². The molecule has 0 amide bonds. The lowest BCUT2D eigenvalue weighted by Gasteiger charge is -2.11. The molecule has 0 aliphatic carbocycles. The van der Waals surface area contributed by atoms with Gasteiger partial charge >= 0.3 is 5.97 Å². The van der Waals surface area contributed by atoms with E-state index in [9.17, 15) is 4.79 Å². The Morgan fingerprint density at radius 3 is 2.43 bits per heavy atom. The first kappa shape index (κ1) is 10.3. The van der Waals surface area contributed by atoms with Crippen molar-refractivity contribution >= 4 is 11.7 Å². The van der Waals surface area contributed by atoms with Crippen molar-refractivity contribution in [1.82, 2.24) is 0 Å². The maximum Gasteiger partial charge on any atom is 0.365 e. The second kappa shape index (κ2) is 4.48. The third kappa shape index (κ3) is 2.63.